The molecule has 0 fully saturated rings. The van der Waals surface area contributed by atoms with Gasteiger partial charge in [-0.3, -0.25) is 0 Å². The highest BCUT2D eigenvalue weighted by molar-refractivity contribution is 6.15. The molecule has 5 nitrogen and oxygen atoms in total. The van der Waals surface area contributed by atoms with Crippen molar-refractivity contribution in [1.29, 1.82) is 0 Å². The number of hydrogen-bond donors (Lipinski definition) is 1. The number of methoxy groups -OCH3 is 1. The fraction of sp³-hybridized carbons (Fsp3) is 0.0400. The molecule has 1 heterocycles. The SMILES string of the molecule is COc1ccccc1N=C(c1ccccc1)c1c(O)cc(-c2ccccc2)oc1=O. The highest BCUT2D eigenvalue weighted by atomic mass is 16.5. The zero-order valence-corrected chi connectivity index (χ0v) is 16.3. The van der Waals surface area contributed by atoms with E-state index in [1.165, 1.54) is 6.07 Å². The lowest BCUT2D eigenvalue weighted by molar-refractivity contribution is 0.416. The largest absolute Gasteiger partial charge is 0.507 e. The predicted molar refractivity (Wildman–Crippen MR) is 117 cm³/mol. The highest BCUT2D eigenvalue weighted by Crippen LogP contribution is 2.30. The Balaban J connectivity index is 1.93. The van der Waals surface area contributed by atoms with Crippen molar-refractivity contribution < 1.29 is 14.3 Å². The van der Waals surface area contributed by atoms with E-state index < -0.39 is 5.63 Å². The second-order valence-corrected chi connectivity index (χ2v) is 6.52. The molecule has 0 atom stereocenters. The smallest absolute Gasteiger partial charge is 0.349 e. The van der Waals surface area contributed by atoms with Crippen molar-refractivity contribution in [2.75, 3.05) is 7.11 Å². The minimum atomic E-state index is -0.675. The van der Waals surface area contributed by atoms with E-state index in [-0.39, 0.29) is 17.1 Å². The molecule has 0 spiro atoms. The summed E-state index contributed by atoms with van der Waals surface area (Å²) in [6.45, 7) is 0. The molecular formula is C25H19NO4. The monoisotopic (exact) mass is 397 g/mol. The van der Waals surface area contributed by atoms with Crippen LogP contribution in [0, 0.1) is 0 Å². The van der Waals surface area contributed by atoms with Gasteiger partial charge in [0.15, 0.2) is 0 Å². The Morgan fingerprint density at radius 2 is 1.53 bits per heavy atom. The van der Waals surface area contributed by atoms with Crippen LogP contribution in [0.2, 0.25) is 0 Å². The lowest BCUT2D eigenvalue weighted by Crippen LogP contribution is -2.16. The highest BCUT2D eigenvalue weighted by Gasteiger charge is 2.20. The lowest BCUT2D eigenvalue weighted by atomic mass is 10.0. The number of aromatic hydroxyl groups is 1. The first kappa shape index (κ1) is 19.2. The second kappa shape index (κ2) is 8.49. The third-order valence-corrected chi connectivity index (χ3v) is 4.59. The molecule has 1 N–H and O–H groups in total. The number of ether oxygens (including phenoxy) is 1. The van der Waals surface area contributed by atoms with Gasteiger partial charge in [-0.2, -0.15) is 0 Å². The molecule has 148 valence electrons. The Hall–Kier alpha value is -4.12. The number of nitrogens with zero attached hydrogens (tertiary/aromatic N) is 1. The molecule has 0 unspecified atom stereocenters. The zero-order valence-electron chi connectivity index (χ0n) is 16.3. The number of aliphatic imine (C=N–C) groups is 1. The summed E-state index contributed by atoms with van der Waals surface area (Å²) in [6, 6.07) is 27.0. The predicted octanol–water partition coefficient (Wildman–Crippen LogP) is 5.19. The van der Waals surface area contributed by atoms with Gasteiger partial charge in [-0.25, -0.2) is 9.79 Å². The van der Waals surface area contributed by atoms with Crippen molar-refractivity contribution in [3.05, 3.63) is 113 Å². The summed E-state index contributed by atoms with van der Waals surface area (Å²) in [5, 5.41) is 10.8. The second-order valence-electron chi connectivity index (χ2n) is 6.52. The summed E-state index contributed by atoms with van der Waals surface area (Å²) in [7, 11) is 1.55. The van der Waals surface area contributed by atoms with Crippen LogP contribution in [-0.2, 0) is 0 Å². The quantitative estimate of drug-likeness (QED) is 0.471. The third kappa shape index (κ3) is 3.86. The molecule has 0 radical (unpaired) electrons. The molecule has 1 aromatic heterocycles. The van der Waals surface area contributed by atoms with Gasteiger partial charge < -0.3 is 14.3 Å². The number of benzene rings is 3. The average Bonchev–Trinajstić information content (AvgIpc) is 2.79. The van der Waals surface area contributed by atoms with E-state index in [1.54, 1.807) is 31.4 Å². The van der Waals surface area contributed by atoms with Crippen LogP contribution in [-0.4, -0.2) is 17.9 Å². The molecule has 0 saturated heterocycles. The first-order chi connectivity index (χ1) is 14.7. The molecule has 30 heavy (non-hydrogen) atoms. The fourth-order valence-electron chi connectivity index (χ4n) is 3.15. The van der Waals surface area contributed by atoms with Gasteiger partial charge in [0.05, 0.1) is 12.8 Å². The van der Waals surface area contributed by atoms with Crippen molar-refractivity contribution in [3.8, 4) is 22.8 Å². The summed E-state index contributed by atoms with van der Waals surface area (Å²) in [5.41, 5.74) is 1.51. The Labute approximate surface area is 173 Å². The van der Waals surface area contributed by atoms with E-state index in [2.05, 4.69) is 4.99 Å². The summed E-state index contributed by atoms with van der Waals surface area (Å²) in [5.74, 6) is 0.630. The first-order valence-corrected chi connectivity index (χ1v) is 9.37. The molecule has 0 aliphatic carbocycles. The maximum Gasteiger partial charge on any atom is 0.349 e. The average molecular weight is 397 g/mol. The van der Waals surface area contributed by atoms with Crippen molar-refractivity contribution >= 4 is 11.4 Å². The van der Waals surface area contributed by atoms with Crippen LogP contribution in [0.3, 0.4) is 0 Å². The standard InChI is InChI=1S/C25H19NO4/c1-29-21-15-9-8-14-19(21)26-24(18-12-6-3-7-13-18)23-20(27)16-22(30-25(23)28)17-10-4-2-5-11-17/h2-16,27H,1H3. The van der Waals surface area contributed by atoms with E-state index in [1.807, 2.05) is 60.7 Å². The molecule has 3 aromatic carbocycles. The first-order valence-electron chi connectivity index (χ1n) is 9.37. The van der Waals surface area contributed by atoms with E-state index in [0.29, 0.717) is 28.3 Å². The van der Waals surface area contributed by atoms with E-state index in [9.17, 15) is 9.90 Å². The van der Waals surface area contributed by atoms with Crippen molar-refractivity contribution in [3.63, 3.8) is 0 Å². The molecule has 0 aliphatic rings. The van der Waals surface area contributed by atoms with Crippen LogP contribution in [0.1, 0.15) is 11.1 Å². The topological polar surface area (TPSA) is 72.0 Å². The van der Waals surface area contributed by atoms with Gasteiger partial charge in [0.2, 0.25) is 0 Å². The fourth-order valence-corrected chi connectivity index (χ4v) is 3.15. The Morgan fingerprint density at radius 3 is 2.20 bits per heavy atom. The van der Waals surface area contributed by atoms with Crippen molar-refractivity contribution in [1.82, 2.24) is 0 Å². The van der Waals surface area contributed by atoms with Gasteiger partial charge in [-0.1, -0.05) is 72.8 Å². The number of hydrogen-bond acceptors (Lipinski definition) is 5. The van der Waals surface area contributed by atoms with Crippen molar-refractivity contribution in [2.24, 2.45) is 4.99 Å². The minimum absolute atomic E-state index is 0.00760. The van der Waals surface area contributed by atoms with Crippen LogP contribution in [0.15, 0.2) is 105 Å². The van der Waals surface area contributed by atoms with Gasteiger partial charge >= 0.3 is 5.63 Å². The van der Waals surface area contributed by atoms with E-state index in [4.69, 9.17) is 9.15 Å². The minimum Gasteiger partial charge on any atom is -0.507 e. The number of para-hydroxylation sites is 2. The van der Waals surface area contributed by atoms with E-state index >= 15 is 0 Å². The normalized spacial score (nSPS) is 11.3. The van der Waals surface area contributed by atoms with Gasteiger partial charge in [-0.15, -0.1) is 0 Å². The molecule has 0 amide bonds. The zero-order chi connectivity index (χ0) is 20.9. The third-order valence-electron chi connectivity index (χ3n) is 4.59. The lowest BCUT2D eigenvalue weighted by Gasteiger charge is -2.11. The number of rotatable bonds is 5. The van der Waals surface area contributed by atoms with Crippen LogP contribution >= 0.6 is 0 Å². The Bertz CT molecular complexity index is 1250. The molecule has 0 aliphatic heterocycles. The van der Waals surface area contributed by atoms with Crippen molar-refractivity contribution in [2.45, 2.75) is 0 Å². The summed E-state index contributed by atoms with van der Waals surface area (Å²) in [6.07, 6.45) is 0. The maximum atomic E-state index is 13.0. The molecule has 4 aromatic rings. The Morgan fingerprint density at radius 1 is 0.900 bits per heavy atom. The van der Waals surface area contributed by atoms with Gasteiger partial charge in [0, 0.05) is 17.2 Å². The van der Waals surface area contributed by atoms with E-state index in [0.717, 1.165) is 0 Å². The molecule has 0 bridgehead atoms. The molecule has 4 rings (SSSR count). The summed E-state index contributed by atoms with van der Waals surface area (Å²) in [4.78, 5) is 17.6. The summed E-state index contributed by atoms with van der Waals surface area (Å²) < 4.78 is 10.9. The molecule has 5 heteroatoms. The molecule has 0 saturated carbocycles. The maximum absolute atomic E-state index is 13.0. The van der Waals surface area contributed by atoms with Gasteiger partial charge in [0.1, 0.15) is 28.5 Å². The van der Waals surface area contributed by atoms with Crippen LogP contribution in [0.25, 0.3) is 11.3 Å². The molecular weight excluding hydrogens is 378 g/mol. The van der Waals surface area contributed by atoms with Gasteiger partial charge in [-0.05, 0) is 12.1 Å². The van der Waals surface area contributed by atoms with Crippen LogP contribution in [0.5, 0.6) is 11.5 Å². The van der Waals surface area contributed by atoms with Gasteiger partial charge in [0.25, 0.3) is 0 Å². The summed E-state index contributed by atoms with van der Waals surface area (Å²) >= 11 is 0. The van der Waals surface area contributed by atoms with Crippen LogP contribution < -0.4 is 10.4 Å². The Kier molecular flexibility index (Phi) is 5.44. The van der Waals surface area contributed by atoms with Crippen LogP contribution in [0.4, 0.5) is 5.69 Å².